The largest absolute Gasteiger partial charge is 0.416 e. The second-order valence-electron chi connectivity index (χ2n) is 7.81. The van der Waals surface area contributed by atoms with Gasteiger partial charge in [-0.1, -0.05) is 33.8 Å². The molecule has 26 heavy (non-hydrogen) atoms. The number of carbonyl (C=O) groups excluding carboxylic acids is 1. The molecule has 0 unspecified atom stereocenters. The first-order valence-corrected chi connectivity index (χ1v) is 9.03. The van der Waals surface area contributed by atoms with E-state index in [0.717, 1.165) is 25.2 Å². The van der Waals surface area contributed by atoms with E-state index in [9.17, 15) is 18.0 Å². The maximum absolute atomic E-state index is 12.8. The molecule has 4 nitrogen and oxygen atoms in total. The molecular weight excluding hydrogens is 343 g/mol. The van der Waals surface area contributed by atoms with Crippen molar-refractivity contribution in [3.05, 3.63) is 29.8 Å². The summed E-state index contributed by atoms with van der Waals surface area (Å²) in [6, 6.07) is 4.67. The Labute approximate surface area is 153 Å². The first-order valence-electron chi connectivity index (χ1n) is 9.03. The third-order valence-corrected chi connectivity index (χ3v) is 4.31. The van der Waals surface area contributed by atoms with E-state index < -0.39 is 11.7 Å². The number of carbonyl (C=O) groups is 1. The number of nitrogens with one attached hydrogen (secondary N) is 1. The molecule has 1 aliphatic rings. The predicted molar refractivity (Wildman–Crippen MR) is 97.1 cm³/mol. The molecule has 2 amide bonds. The lowest BCUT2D eigenvalue weighted by molar-refractivity contribution is -0.137. The van der Waals surface area contributed by atoms with E-state index in [1.54, 1.807) is 4.90 Å². The smallest absolute Gasteiger partial charge is 0.321 e. The zero-order valence-corrected chi connectivity index (χ0v) is 15.8. The number of benzene rings is 1. The molecule has 1 saturated heterocycles. The molecule has 1 heterocycles. The molecule has 0 aromatic heterocycles. The monoisotopic (exact) mass is 371 g/mol. The van der Waals surface area contributed by atoms with Gasteiger partial charge in [0.1, 0.15) is 0 Å². The Balaban J connectivity index is 1.91. The van der Waals surface area contributed by atoms with Crippen molar-refractivity contribution < 1.29 is 18.0 Å². The number of nitrogens with zero attached hydrogens (tertiary/aromatic N) is 2. The Hall–Kier alpha value is -1.76. The van der Waals surface area contributed by atoms with Crippen LogP contribution in [0.2, 0.25) is 0 Å². The number of halogens is 3. The van der Waals surface area contributed by atoms with Crippen molar-refractivity contribution in [2.24, 2.45) is 11.8 Å². The van der Waals surface area contributed by atoms with Gasteiger partial charge in [0.15, 0.2) is 0 Å². The van der Waals surface area contributed by atoms with Gasteiger partial charge in [-0.2, -0.15) is 13.2 Å². The van der Waals surface area contributed by atoms with Gasteiger partial charge in [-0.25, -0.2) is 4.79 Å². The topological polar surface area (TPSA) is 35.6 Å². The maximum Gasteiger partial charge on any atom is 0.416 e. The predicted octanol–water partition coefficient (Wildman–Crippen LogP) is 4.54. The van der Waals surface area contributed by atoms with E-state index in [1.807, 2.05) is 0 Å². The molecule has 146 valence electrons. The number of anilines is 1. The number of urea groups is 1. The van der Waals surface area contributed by atoms with Gasteiger partial charge in [0.2, 0.25) is 0 Å². The molecule has 1 aromatic carbocycles. The summed E-state index contributed by atoms with van der Waals surface area (Å²) < 4.78 is 38.3. The molecule has 1 aromatic rings. The molecule has 7 heteroatoms. The van der Waals surface area contributed by atoms with E-state index in [4.69, 9.17) is 0 Å². The van der Waals surface area contributed by atoms with Crippen LogP contribution in [0, 0.1) is 11.8 Å². The quantitative estimate of drug-likeness (QED) is 0.797. The normalized spacial score (nSPS) is 15.7. The van der Waals surface area contributed by atoms with Crippen molar-refractivity contribution in [1.29, 1.82) is 0 Å². The van der Waals surface area contributed by atoms with Gasteiger partial charge in [-0.05, 0) is 30.0 Å². The van der Waals surface area contributed by atoms with Gasteiger partial charge in [0.25, 0.3) is 0 Å². The van der Waals surface area contributed by atoms with Crippen molar-refractivity contribution in [2.75, 3.05) is 31.5 Å². The minimum absolute atomic E-state index is 0.162. The average Bonchev–Trinajstić information content (AvgIpc) is 2.43. The van der Waals surface area contributed by atoms with Crippen molar-refractivity contribution >= 4 is 11.7 Å². The highest BCUT2D eigenvalue weighted by Gasteiger charge is 2.35. The Morgan fingerprint density at radius 3 is 2.27 bits per heavy atom. The molecule has 1 N–H and O–H groups in total. The van der Waals surface area contributed by atoms with Crippen LogP contribution in [0.3, 0.4) is 0 Å². The minimum Gasteiger partial charge on any atom is -0.321 e. The minimum atomic E-state index is -4.42. The van der Waals surface area contributed by atoms with E-state index >= 15 is 0 Å². The summed E-state index contributed by atoms with van der Waals surface area (Å²) in [5.41, 5.74) is -0.605. The van der Waals surface area contributed by atoms with E-state index in [-0.39, 0.29) is 11.7 Å². The van der Waals surface area contributed by atoms with Crippen LogP contribution >= 0.6 is 0 Å². The van der Waals surface area contributed by atoms with Crippen LogP contribution in [0.5, 0.6) is 0 Å². The number of likely N-dealkylation sites (tertiary alicyclic amines) is 1. The summed E-state index contributed by atoms with van der Waals surface area (Å²) in [5, 5.41) is 2.57. The van der Waals surface area contributed by atoms with Crippen molar-refractivity contribution in [2.45, 2.75) is 39.9 Å². The van der Waals surface area contributed by atoms with Crippen LogP contribution in [0.15, 0.2) is 24.3 Å². The fourth-order valence-electron chi connectivity index (χ4n) is 3.14. The number of hydrogen-bond acceptors (Lipinski definition) is 2. The van der Waals surface area contributed by atoms with Crippen LogP contribution < -0.4 is 5.32 Å². The van der Waals surface area contributed by atoms with Crippen LogP contribution in [0.25, 0.3) is 0 Å². The van der Waals surface area contributed by atoms with Crippen LogP contribution in [0.4, 0.5) is 23.7 Å². The lowest BCUT2D eigenvalue weighted by atomic mass is 10.0. The highest BCUT2D eigenvalue weighted by molar-refractivity contribution is 5.90. The van der Waals surface area contributed by atoms with Crippen LogP contribution in [-0.2, 0) is 6.18 Å². The molecule has 0 aliphatic carbocycles. The fraction of sp³-hybridized carbons (Fsp3) is 0.632. The summed E-state index contributed by atoms with van der Waals surface area (Å²) in [6.07, 6.45) is -4.42. The Morgan fingerprint density at radius 2 is 1.77 bits per heavy atom. The summed E-state index contributed by atoms with van der Waals surface area (Å²) >= 11 is 0. The Morgan fingerprint density at radius 1 is 1.19 bits per heavy atom. The van der Waals surface area contributed by atoms with Gasteiger partial charge in [-0.3, -0.25) is 4.90 Å². The van der Waals surface area contributed by atoms with Gasteiger partial charge in [0, 0.05) is 37.9 Å². The highest BCUT2D eigenvalue weighted by atomic mass is 19.4. The van der Waals surface area contributed by atoms with E-state index in [2.05, 4.69) is 37.9 Å². The summed E-state index contributed by atoms with van der Waals surface area (Å²) in [4.78, 5) is 16.3. The molecule has 2 rings (SSSR count). The Bertz CT molecular complexity index is 600. The lowest BCUT2D eigenvalue weighted by Crippen LogP contribution is -2.62. The van der Waals surface area contributed by atoms with E-state index in [0.29, 0.717) is 31.0 Å². The Kier molecular flexibility index (Phi) is 6.55. The maximum atomic E-state index is 12.8. The molecule has 1 fully saturated rings. The first-order chi connectivity index (χ1) is 12.1. The highest BCUT2D eigenvalue weighted by Crippen LogP contribution is 2.31. The molecule has 0 bridgehead atoms. The second-order valence-corrected chi connectivity index (χ2v) is 7.81. The van der Waals surface area contributed by atoms with Crippen molar-refractivity contribution in [3.63, 3.8) is 0 Å². The van der Waals surface area contributed by atoms with Gasteiger partial charge in [-0.15, -0.1) is 0 Å². The number of rotatable bonds is 6. The third kappa shape index (κ3) is 5.62. The SMILES string of the molecule is CC(C)CN(CC(C)C)C1CN(C(=O)Nc2cccc(C(F)(F)F)c2)C1. The second kappa shape index (κ2) is 8.29. The molecule has 1 aliphatic heterocycles. The first kappa shape index (κ1) is 20.6. The zero-order chi connectivity index (χ0) is 19.5. The van der Waals surface area contributed by atoms with Gasteiger partial charge < -0.3 is 10.2 Å². The molecule has 0 atom stereocenters. The molecule has 0 spiro atoms. The summed E-state index contributed by atoms with van der Waals surface area (Å²) in [5.74, 6) is 1.09. The number of alkyl halides is 3. The molecule has 0 radical (unpaired) electrons. The van der Waals surface area contributed by atoms with Gasteiger partial charge >= 0.3 is 12.2 Å². The summed E-state index contributed by atoms with van der Waals surface area (Å²) in [6.45, 7) is 11.8. The van der Waals surface area contributed by atoms with Crippen LogP contribution in [-0.4, -0.2) is 48.1 Å². The van der Waals surface area contributed by atoms with Crippen molar-refractivity contribution in [1.82, 2.24) is 9.80 Å². The fourth-order valence-corrected chi connectivity index (χ4v) is 3.14. The standard InChI is InChI=1S/C19H28F3N3O/c1-13(2)9-24(10-14(3)4)17-11-25(12-17)18(26)23-16-7-5-6-15(8-16)19(20,21)22/h5-8,13-14,17H,9-12H2,1-4H3,(H,23,26). The van der Waals surface area contributed by atoms with Crippen LogP contribution in [0.1, 0.15) is 33.3 Å². The zero-order valence-electron chi connectivity index (χ0n) is 15.8. The lowest BCUT2D eigenvalue weighted by Gasteiger charge is -2.46. The number of amides is 2. The summed E-state index contributed by atoms with van der Waals surface area (Å²) in [7, 11) is 0. The number of hydrogen-bond donors (Lipinski definition) is 1. The van der Waals surface area contributed by atoms with Crippen molar-refractivity contribution in [3.8, 4) is 0 Å². The van der Waals surface area contributed by atoms with Gasteiger partial charge in [0.05, 0.1) is 5.56 Å². The molecular formula is C19H28F3N3O. The molecule has 0 saturated carbocycles. The van der Waals surface area contributed by atoms with E-state index in [1.165, 1.54) is 12.1 Å². The third-order valence-electron chi connectivity index (χ3n) is 4.31. The average molecular weight is 371 g/mol.